The molecule has 0 unspecified atom stereocenters. The van der Waals surface area contributed by atoms with E-state index >= 15 is 0 Å². The molecule has 3 rings (SSSR count). The summed E-state index contributed by atoms with van der Waals surface area (Å²) in [6, 6.07) is 1.81. The number of hydrogen-bond donors (Lipinski definition) is 1. The lowest BCUT2D eigenvalue weighted by molar-refractivity contribution is 0.0995. The van der Waals surface area contributed by atoms with Crippen molar-refractivity contribution in [3.63, 3.8) is 0 Å². The van der Waals surface area contributed by atoms with Crippen molar-refractivity contribution in [2.24, 2.45) is 0 Å². The highest BCUT2D eigenvalue weighted by atomic mass is 35.5. The standard InChI is InChI=1S/C12H16ClN3O2/c13-11-7-10-12(15-14-11)16(5-6-18-10)8-3-1-2-4-9(8)17/h7-9,17H,1-6H2/t8-,9-/m1/s1. The van der Waals surface area contributed by atoms with Crippen LogP contribution in [0.2, 0.25) is 5.15 Å². The largest absolute Gasteiger partial charge is 0.488 e. The Labute approximate surface area is 111 Å². The van der Waals surface area contributed by atoms with E-state index < -0.39 is 0 Å². The van der Waals surface area contributed by atoms with Crippen LogP contribution < -0.4 is 9.64 Å². The number of anilines is 1. The third-order valence-electron chi connectivity index (χ3n) is 3.67. The molecular weight excluding hydrogens is 254 g/mol. The number of nitrogens with zero attached hydrogens (tertiary/aromatic N) is 3. The number of ether oxygens (including phenoxy) is 1. The molecule has 1 aromatic rings. The molecule has 1 aromatic heterocycles. The van der Waals surface area contributed by atoms with Gasteiger partial charge in [0.25, 0.3) is 0 Å². The molecule has 5 nitrogen and oxygen atoms in total. The highest BCUT2D eigenvalue weighted by Gasteiger charge is 2.33. The predicted octanol–water partition coefficient (Wildman–Crippen LogP) is 1.63. The molecular formula is C12H16ClN3O2. The average molecular weight is 270 g/mol. The van der Waals surface area contributed by atoms with E-state index in [1.165, 1.54) is 0 Å². The summed E-state index contributed by atoms with van der Waals surface area (Å²) in [5, 5.41) is 18.5. The fourth-order valence-corrected chi connectivity index (χ4v) is 2.93. The van der Waals surface area contributed by atoms with Crippen LogP contribution in [-0.4, -0.2) is 40.6 Å². The van der Waals surface area contributed by atoms with Crippen molar-refractivity contribution in [2.75, 3.05) is 18.1 Å². The van der Waals surface area contributed by atoms with Crippen LogP contribution in [0.1, 0.15) is 25.7 Å². The molecule has 2 aliphatic rings. The van der Waals surface area contributed by atoms with E-state index in [4.69, 9.17) is 16.3 Å². The van der Waals surface area contributed by atoms with Crippen LogP contribution in [0.15, 0.2) is 6.07 Å². The summed E-state index contributed by atoms with van der Waals surface area (Å²) in [6.45, 7) is 1.34. The molecule has 1 aliphatic heterocycles. The molecule has 1 aliphatic carbocycles. The summed E-state index contributed by atoms with van der Waals surface area (Å²) in [7, 11) is 0. The molecule has 0 amide bonds. The van der Waals surface area contributed by atoms with Crippen molar-refractivity contribution < 1.29 is 9.84 Å². The van der Waals surface area contributed by atoms with Crippen LogP contribution >= 0.6 is 11.6 Å². The second-order valence-electron chi connectivity index (χ2n) is 4.82. The highest BCUT2D eigenvalue weighted by molar-refractivity contribution is 6.29. The van der Waals surface area contributed by atoms with Gasteiger partial charge >= 0.3 is 0 Å². The minimum atomic E-state index is -0.290. The zero-order valence-corrected chi connectivity index (χ0v) is 10.8. The van der Waals surface area contributed by atoms with Crippen LogP contribution in [0.5, 0.6) is 5.75 Å². The molecule has 2 heterocycles. The van der Waals surface area contributed by atoms with Gasteiger partial charge in [0, 0.05) is 6.07 Å². The van der Waals surface area contributed by atoms with E-state index in [1.807, 2.05) is 0 Å². The molecule has 0 radical (unpaired) electrons. The molecule has 1 saturated carbocycles. The quantitative estimate of drug-likeness (QED) is 0.840. The topological polar surface area (TPSA) is 58.5 Å². The minimum absolute atomic E-state index is 0.122. The lowest BCUT2D eigenvalue weighted by Crippen LogP contribution is -2.49. The van der Waals surface area contributed by atoms with E-state index in [0.717, 1.165) is 32.2 Å². The number of aromatic nitrogens is 2. The third-order valence-corrected chi connectivity index (χ3v) is 3.85. The van der Waals surface area contributed by atoms with E-state index in [0.29, 0.717) is 23.3 Å². The van der Waals surface area contributed by atoms with Gasteiger partial charge in [-0.1, -0.05) is 24.4 Å². The zero-order valence-electron chi connectivity index (χ0n) is 10.0. The Morgan fingerprint density at radius 1 is 1.33 bits per heavy atom. The fraction of sp³-hybridized carbons (Fsp3) is 0.667. The van der Waals surface area contributed by atoms with Crippen LogP contribution in [0, 0.1) is 0 Å². The lowest BCUT2D eigenvalue weighted by atomic mass is 9.91. The monoisotopic (exact) mass is 269 g/mol. The molecule has 0 aromatic carbocycles. The number of fused-ring (bicyclic) bond motifs is 1. The van der Waals surface area contributed by atoms with Crippen LogP contribution in [0.4, 0.5) is 5.82 Å². The van der Waals surface area contributed by atoms with Gasteiger partial charge in [0.15, 0.2) is 16.7 Å². The van der Waals surface area contributed by atoms with Gasteiger partial charge in [-0.2, -0.15) is 0 Å². The molecule has 0 bridgehead atoms. The predicted molar refractivity (Wildman–Crippen MR) is 68.1 cm³/mol. The minimum Gasteiger partial charge on any atom is -0.488 e. The molecule has 0 saturated heterocycles. The SMILES string of the molecule is O[C@@H]1CCCC[C@H]1N1CCOc2cc(Cl)nnc21. The van der Waals surface area contributed by atoms with E-state index in [1.54, 1.807) is 6.07 Å². The van der Waals surface area contributed by atoms with E-state index in [9.17, 15) is 5.11 Å². The van der Waals surface area contributed by atoms with Gasteiger partial charge in [-0.15, -0.1) is 10.2 Å². The van der Waals surface area contributed by atoms with Gasteiger partial charge < -0.3 is 14.7 Å². The molecule has 1 fully saturated rings. The Morgan fingerprint density at radius 3 is 3.00 bits per heavy atom. The van der Waals surface area contributed by atoms with Crippen LogP contribution in [-0.2, 0) is 0 Å². The molecule has 98 valence electrons. The van der Waals surface area contributed by atoms with Crippen LogP contribution in [0.3, 0.4) is 0 Å². The third kappa shape index (κ3) is 2.12. The van der Waals surface area contributed by atoms with E-state index in [2.05, 4.69) is 15.1 Å². The average Bonchev–Trinajstić information content (AvgIpc) is 2.38. The Morgan fingerprint density at radius 2 is 2.17 bits per heavy atom. The van der Waals surface area contributed by atoms with Crippen molar-refractivity contribution in [2.45, 2.75) is 37.8 Å². The Bertz CT molecular complexity index is 443. The molecule has 2 atom stereocenters. The highest BCUT2D eigenvalue weighted by Crippen LogP contribution is 2.35. The number of aliphatic hydroxyl groups excluding tert-OH is 1. The number of aliphatic hydroxyl groups is 1. The summed E-state index contributed by atoms with van der Waals surface area (Å²) in [6.07, 6.45) is 3.81. The van der Waals surface area contributed by atoms with Crippen molar-refractivity contribution >= 4 is 17.4 Å². The Balaban J connectivity index is 1.90. The first-order valence-electron chi connectivity index (χ1n) is 6.36. The van der Waals surface area contributed by atoms with Crippen LogP contribution in [0.25, 0.3) is 0 Å². The maximum atomic E-state index is 10.1. The van der Waals surface area contributed by atoms with Gasteiger partial charge in [-0.25, -0.2) is 0 Å². The normalized spacial score (nSPS) is 27.6. The second kappa shape index (κ2) is 4.90. The van der Waals surface area contributed by atoms with Gasteiger partial charge in [-0.3, -0.25) is 0 Å². The lowest BCUT2D eigenvalue weighted by Gasteiger charge is -2.40. The summed E-state index contributed by atoms with van der Waals surface area (Å²) in [4.78, 5) is 2.12. The Kier molecular flexibility index (Phi) is 3.26. The number of halogens is 1. The molecule has 1 N–H and O–H groups in total. The summed E-state index contributed by atoms with van der Waals surface area (Å²) >= 11 is 5.82. The van der Waals surface area contributed by atoms with Gasteiger partial charge in [0.2, 0.25) is 0 Å². The number of rotatable bonds is 1. The summed E-state index contributed by atoms with van der Waals surface area (Å²) < 4.78 is 5.55. The first kappa shape index (κ1) is 12.0. The summed E-state index contributed by atoms with van der Waals surface area (Å²) in [5.74, 6) is 1.37. The number of hydrogen-bond acceptors (Lipinski definition) is 5. The van der Waals surface area contributed by atoms with Crippen molar-refractivity contribution in [1.82, 2.24) is 10.2 Å². The van der Waals surface area contributed by atoms with Crippen molar-refractivity contribution in [1.29, 1.82) is 0 Å². The summed E-state index contributed by atoms with van der Waals surface area (Å²) in [5.41, 5.74) is 0. The van der Waals surface area contributed by atoms with Gasteiger partial charge in [0.1, 0.15) is 6.61 Å². The fourth-order valence-electron chi connectivity index (χ4n) is 2.79. The Hall–Kier alpha value is -1.07. The first-order valence-corrected chi connectivity index (χ1v) is 6.74. The first-order chi connectivity index (χ1) is 8.75. The maximum Gasteiger partial charge on any atom is 0.194 e. The molecule has 0 spiro atoms. The molecule has 6 heteroatoms. The zero-order chi connectivity index (χ0) is 12.5. The smallest absolute Gasteiger partial charge is 0.194 e. The maximum absolute atomic E-state index is 10.1. The van der Waals surface area contributed by atoms with Gasteiger partial charge in [-0.05, 0) is 12.8 Å². The second-order valence-corrected chi connectivity index (χ2v) is 5.20. The van der Waals surface area contributed by atoms with Gasteiger partial charge in [0.05, 0.1) is 18.7 Å². The molecule has 18 heavy (non-hydrogen) atoms. The van der Waals surface area contributed by atoms with E-state index in [-0.39, 0.29) is 12.1 Å². The van der Waals surface area contributed by atoms with Crippen molar-refractivity contribution in [3.8, 4) is 5.75 Å². The van der Waals surface area contributed by atoms with Crippen molar-refractivity contribution in [3.05, 3.63) is 11.2 Å².